The van der Waals surface area contributed by atoms with Crippen LogP contribution in [0.1, 0.15) is 96.9 Å². The van der Waals surface area contributed by atoms with Crippen LogP contribution >= 0.6 is 0 Å². The maximum Gasteiger partial charge on any atom is 0.408 e. The van der Waals surface area contributed by atoms with Gasteiger partial charge in [-0.05, 0) is 76.5 Å². The molecule has 2 N–H and O–H groups in total. The van der Waals surface area contributed by atoms with Gasteiger partial charge in [0.15, 0.2) is 0 Å². The molecule has 0 bridgehead atoms. The number of unbranched alkanes of at least 4 members (excludes halogenated alkanes) is 1. The molecule has 35 heavy (non-hydrogen) atoms. The van der Waals surface area contributed by atoms with Crippen LogP contribution in [0.4, 0.5) is 4.79 Å². The first-order chi connectivity index (χ1) is 16.3. The fourth-order valence-corrected chi connectivity index (χ4v) is 3.96. The van der Waals surface area contributed by atoms with Gasteiger partial charge in [-0.25, -0.2) is 4.79 Å². The number of alkyl carbamates (subject to hydrolysis) is 1. The topological polar surface area (TPSA) is 87.7 Å². The zero-order valence-electron chi connectivity index (χ0n) is 23.3. The second-order valence-corrected chi connectivity index (χ2v) is 10.7. The lowest BCUT2D eigenvalue weighted by molar-refractivity contribution is -0.142. The standard InChI is InChI=1S/C28H47N3O4/c1-10-12-16-29-25(32)24(22-15-13-14-20(5)21(22)6)31(17-11-2)26(33)23(18-19(3)4)30-27(34)35-28(7,8)9/h13-15,19,23-24H,10-12,16-18H2,1-9H3,(H,29,32)(H,30,34). The number of aryl methyl sites for hydroxylation is 1. The second-order valence-electron chi connectivity index (χ2n) is 10.7. The molecule has 7 heteroatoms. The Hall–Kier alpha value is -2.57. The molecule has 3 amide bonds. The zero-order chi connectivity index (χ0) is 26.8. The first kappa shape index (κ1) is 30.5. The first-order valence-corrected chi connectivity index (χ1v) is 13.0. The molecule has 0 fully saturated rings. The number of ether oxygens (including phenoxy) is 1. The molecule has 0 heterocycles. The van der Waals surface area contributed by atoms with Gasteiger partial charge < -0.3 is 20.3 Å². The smallest absolute Gasteiger partial charge is 0.408 e. The first-order valence-electron chi connectivity index (χ1n) is 13.0. The Labute approximate surface area is 212 Å². The minimum Gasteiger partial charge on any atom is -0.444 e. The Morgan fingerprint density at radius 2 is 1.71 bits per heavy atom. The lowest BCUT2D eigenvalue weighted by Crippen LogP contribution is -2.53. The minimum absolute atomic E-state index is 0.153. The van der Waals surface area contributed by atoms with Gasteiger partial charge in [0, 0.05) is 13.1 Å². The number of amides is 3. The normalized spacial score (nSPS) is 13.2. The van der Waals surface area contributed by atoms with E-state index in [2.05, 4.69) is 17.6 Å². The molecule has 1 rings (SSSR count). The van der Waals surface area contributed by atoms with Crippen LogP contribution in [0.25, 0.3) is 0 Å². The summed E-state index contributed by atoms with van der Waals surface area (Å²) in [5.74, 6) is -0.322. The third kappa shape index (κ3) is 9.90. The lowest BCUT2D eigenvalue weighted by Gasteiger charge is -2.35. The highest BCUT2D eigenvalue weighted by molar-refractivity contribution is 5.92. The average Bonchev–Trinajstić information content (AvgIpc) is 2.73. The highest BCUT2D eigenvalue weighted by atomic mass is 16.6. The molecule has 2 atom stereocenters. The van der Waals surface area contributed by atoms with E-state index in [4.69, 9.17) is 4.74 Å². The predicted molar refractivity (Wildman–Crippen MR) is 141 cm³/mol. The maximum absolute atomic E-state index is 14.0. The Bertz CT molecular complexity index is 845. The summed E-state index contributed by atoms with van der Waals surface area (Å²) in [6.45, 7) is 18.3. The predicted octanol–water partition coefficient (Wildman–Crippen LogP) is 5.44. The van der Waals surface area contributed by atoms with Gasteiger partial charge in [-0.1, -0.05) is 52.3 Å². The van der Waals surface area contributed by atoms with Crippen molar-refractivity contribution in [2.24, 2.45) is 5.92 Å². The number of benzene rings is 1. The van der Waals surface area contributed by atoms with E-state index in [-0.39, 0.29) is 17.7 Å². The SMILES string of the molecule is CCCCNC(=O)C(c1cccc(C)c1C)N(CCC)C(=O)C(CC(C)C)NC(=O)OC(C)(C)C. The van der Waals surface area contributed by atoms with E-state index in [9.17, 15) is 14.4 Å². The van der Waals surface area contributed by atoms with E-state index in [1.165, 1.54) is 0 Å². The van der Waals surface area contributed by atoms with Crippen molar-refractivity contribution in [3.8, 4) is 0 Å². The molecule has 2 unspecified atom stereocenters. The number of nitrogens with one attached hydrogen (secondary N) is 2. The fourth-order valence-electron chi connectivity index (χ4n) is 3.96. The number of hydrogen-bond donors (Lipinski definition) is 2. The molecule has 0 aliphatic carbocycles. The van der Waals surface area contributed by atoms with Gasteiger partial charge in [-0.15, -0.1) is 0 Å². The van der Waals surface area contributed by atoms with Gasteiger partial charge >= 0.3 is 6.09 Å². The van der Waals surface area contributed by atoms with E-state index in [1.54, 1.807) is 25.7 Å². The number of hydrogen-bond acceptors (Lipinski definition) is 4. The maximum atomic E-state index is 14.0. The van der Waals surface area contributed by atoms with Crippen molar-refractivity contribution < 1.29 is 19.1 Å². The summed E-state index contributed by atoms with van der Waals surface area (Å²) >= 11 is 0. The van der Waals surface area contributed by atoms with Gasteiger partial charge in [0.05, 0.1) is 0 Å². The van der Waals surface area contributed by atoms with E-state index in [0.717, 1.165) is 29.5 Å². The molecular formula is C28H47N3O4. The average molecular weight is 490 g/mol. The highest BCUT2D eigenvalue weighted by Crippen LogP contribution is 2.28. The van der Waals surface area contributed by atoms with Crippen molar-refractivity contribution in [2.75, 3.05) is 13.1 Å². The van der Waals surface area contributed by atoms with Crippen LogP contribution in [0.2, 0.25) is 0 Å². The quantitative estimate of drug-likeness (QED) is 0.383. The molecule has 0 radical (unpaired) electrons. The Kier molecular flexibility index (Phi) is 12.3. The van der Waals surface area contributed by atoms with Crippen molar-refractivity contribution in [1.29, 1.82) is 0 Å². The van der Waals surface area contributed by atoms with Crippen molar-refractivity contribution in [2.45, 2.75) is 106 Å². The summed E-state index contributed by atoms with van der Waals surface area (Å²) in [5, 5.41) is 5.81. The van der Waals surface area contributed by atoms with E-state index in [0.29, 0.717) is 25.9 Å². The summed E-state index contributed by atoms with van der Waals surface area (Å²) in [6.07, 6.45) is 2.31. The zero-order valence-corrected chi connectivity index (χ0v) is 23.3. The number of carbonyl (C=O) groups excluding carboxylic acids is 3. The Morgan fingerprint density at radius 1 is 1.06 bits per heavy atom. The summed E-state index contributed by atoms with van der Waals surface area (Å²) < 4.78 is 5.43. The molecular weight excluding hydrogens is 442 g/mol. The van der Waals surface area contributed by atoms with Crippen LogP contribution in [-0.4, -0.2) is 47.5 Å². The molecule has 0 saturated carbocycles. The number of carbonyl (C=O) groups is 3. The minimum atomic E-state index is -0.799. The van der Waals surface area contributed by atoms with Crippen LogP contribution in [0, 0.1) is 19.8 Å². The monoisotopic (exact) mass is 489 g/mol. The van der Waals surface area contributed by atoms with Crippen molar-refractivity contribution in [1.82, 2.24) is 15.5 Å². The number of nitrogens with zero attached hydrogens (tertiary/aromatic N) is 1. The van der Waals surface area contributed by atoms with Crippen LogP contribution in [0.5, 0.6) is 0 Å². The van der Waals surface area contributed by atoms with Crippen LogP contribution in [-0.2, 0) is 14.3 Å². The van der Waals surface area contributed by atoms with E-state index < -0.39 is 23.8 Å². The second kappa shape index (κ2) is 14.1. The van der Waals surface area contributed by atoms with Crippen LogP contribution < -0.4 is 10.6 Å². The molecule has 0 spiro atoms. The molecule has 7 nitrogen and oxygen atoms in total. The van der Waals surface area contributed by atoms with E-state index >= 15 is 0 Å². The van der Waals surface area contributed by atoms with Crippen molar-refractivity contribution >= 4 is 17.9 Å². The molecule has 0 saturated heterocycles. The molecule has 0 aromatic heterocycles. The van der Waals surface area contributed by atoms with Gasteiger partial charge in [0.1, 0.15) is 17.7 Å². The van der Waals surface area contributed by atoms with Gasteiger partial charge in [0.25, 0.3) is 0 Å². The molecule has 1 aromatic rings. The third-order valence-corrected chi connectivity index (χ3v) is 5.77. The third-order valence-electron chi connectivity index (χ3n) is 5.77. The summed E-state index contributed by atoms with van der Waals surface area (Å²) in [6, 6.07) is 4.26. The van der Waals surface area contributed by atoms with E-state index in [1.807, 2.05) is 52.8 Å². The summed E-state index contributed by atoms with van der Waals surface area (Å²) in [4.78, 5) is 41.8. The summed E-state index contributed by atoms with van der Waals surface area (Å²) in [5.41, 5.74) is 2.17. The molecule has 1 aromatic carbocycles. The van der Waals surface area contributed by atoms with Crippen LogP contribution in [0.15, 0.2) is 18.2 Å². The fraction of sp³-hybridized carbons (Fsp3) is 0.679. The Morgan fingerprint density at radius 3 is 2.26 bits per heavy atom. The molecule has 0 aliphatic rings. The molecule has 0 aliphatic heterocycles. The number of rotatable bonds is 12. The summed E-state index contributed by atoms with van der Waals surface area (Å²) in [7, 11) is 0. The highest BCUT2D eigenvalue weighted by Gasteiger charge is 2.36. The lowest BCUT2D eigenvalue weighted by atomic mass is 9.94. The largest absolute Gasteiger partial charge is 0.444 e. The van der Waals surface area contributed by atoms with Gasteiger partial charge in [-0.3, -0.25) is 9.59 Å². The van der Waals surface area contributed by atoms with Crippen molar-refractivity contribution in [3.63, 3.8) is 0 Å². The Balaban J connectivity index is 3.46. The molecule has 198 valence electrons. The van der Waals surface area contributed by atoms with Gasteiger partial charge in [-0.2, -0.15) is 0 Å². The van der Waals surface area contributed by atoms with Crippen LogP contribution in [0.3, 0.4) is 0 Å². The van der Waals surface area contributed by atoms with Gasteiger partial charge in [0.2, 0.25) is 11.8 Å². The van der Waals surface area contributed by atoms with Crippen molar-refractivity contribution in [3.05, 3.63) is 34.9 Å².